The van der Waals surface area contributed by atoms with Crippen LogP contribution < -0.4 is 5.73 Å². The van der Waals surface area contributed by atoms with E-state index in [2.05, 4.69) is 4.98 Å². The smallest absolute Gasteiger partial charge is 0.250 e. The number of pyridine rings is 1. The van der Waals surface area contributed by atoms with Crippen molar-refractivity contribution in [3.05, 3.63) is 65.5 Å². The van der Waals surface area contributed by atoms with Crippen LogP contribution in [-0.4, -0.2) is 16.0 Å². The van der Waals surface area contributed by atoms with Gasteiger partial charge in [0.1, 0.15) is 6.10 Å². The third-order valence-corrected chi connectivity index (χ3v) is 2.53. The summed E-state index contributed by atoms with van der Waals surface area (Å²) in [4.78, 5) is 15.1. The topological polar surface area (TPSA) is 76.2 Å². The van der Waals surface area contributed by atoms with Crippen LogP contribution in [-0.2, 0) is 0 Å². The number of nitrogens with zero attached hydrogens (tertiary/aromatic N) is 1. The largest absolute Gasteiger partial charge is 0.384 e. The van der Waals surface area contributed by atoms with E-state index in [1.165, 1.54) is 12.4 Å². The third kappa shape index (κ3) is 2.32. The summed E-state index contributed by atoms with van der Waals surface area (Å²) in [5.74, 6) is -0.594. The first-order valence-corrected chi connectivity index (χ1v) is 5.17. The average molecular weight is 228 g/mol. The molecule has 1 aromatic heterocycles. The molecule has 1 atom stereocenters. The van der Waals surface area contributed by atoms with Gasteiger partial charge in [-0.3, -0.25) is 9.78 Å². The monoisotopic (exact) mass is 228 g/mol. The van der Waals surface area contributed by atoms with E-state index in [1.807, 2.05) is 18.2 Å². The van der Waals surface area contributed by atoms with Gasteiger partial charge in [0.05, 0.1) is 5.56 Å². The zero-order valence-electron chi connectivity index (χ0n) is 9.08. The highest BCUT2D eigenvalue weighted by molar-refractivity contribution is 5.94. The molecular formula is C13H12N2O2. The van der Waals surface area contributed by atoms with Crippen LogP contribution in [0.25, 0.3) is 0 Å². The molecular weight excluding hydrogens is 216 g/mol. The minimum atomic E-state index is -0.873. The molecule has 3 N–H and O–H groups in total. The van der Waals surface area contributed by atoms with Crippen molar-refractivity contribution >= 4 is 5.91 Å². The number of rotatable bonds is 3. The standard InChI is InChI=1S/C13H12N2O2/c14-13(17)11-8-15-7-6-10(11)12(16)9-4-2-1-3-5-9/h1-8,12,16H,(H2,14,17). The Bertz CT molecular complexity index is 526. The fourth-order valence-corrected chi connectivity index (χ4v) is 1.66. The summed E-state index contributed by atoms with van der Waals surface area (Å²) in [7, 11) is 0. The van der Waals surface area contributed by atoms with Crippen LogP contribution in [0.5, 0.6) is 0 Å². The molecule has 4 heteroatoms. The maximum absolute atomic E-state index is 11.2. The second-order valence-corrected chi connectivity index (χ2v) is 3.64. The summed E-state index contributed by atoms with van der Waals surface area (Å²) >= 11 is 0. The Morgan fingerprint density at radius 3 is 2.59 bits per heavy atom. The van der Waals surface area contributed by atoms with Gasteiger partial charge in [-0.2, -0.15) is 0 Å². The van der Waals surface area contributed by atoms with Crippen LogP contribution >= 0.6 is 0 Å². The Morgan fingerprint density at radius 2 is 1.94 bits per heavy atom. The molecule has 1 amide bonds. The lowest BCUT2D eigenvalue weighted by molar-refractivity contribution is 0.0995. The highest BCUT2D eigenvalue weighted by Gasteiger charge is 2.16. The summed E-state index contributed by atoms with van der Waals surface area (Å²) in [6, 6.07) is 10.7. The number of hydrogen-bond acceptors (Lipinski definition) is 3. The second-order valence-electron chi connectivity index (χ2n) is 3.64. The quantitative estimate of drug-likeness (QED) is 0.830. The van der Waals surface area contributed by atoms with Crippen LogP contribution in [0.4, 0.5) is 0 Å². The van der Waals surface area contributed by atoms with Crippen LogP contribution in [0.3, 0.4) is 0 Å². The van der Waals surface area contributed by atoms with Crippen molar-refractivity contribution in [3.8, 4) is 0 Å². The van der Waals surface area contributed by atoms with Gasteiger partial charge in [0.2, 0.25) is 0 Å². The number of amides is 1. The highest BCUT2D eigenvalue weighted by Crippen LogP contribution is 2.23. The Balaban J connectivity index is 2.44. The van der Waals surface area contributed by atoms with Gasteiger partial charge in [0, 0.05) is 18.0 Å². The molecule has 0 bridgehead atoms. The van der Waals surface area contributed by atoms with E-state index in [0.29, 0.717) is 11.1 Å². The molecule has 1 unspecified atom stereocenters. The predicted molar refractivity (Wildman–Crippen MR) is 63.3 cm³/mol. The maximum Gasteiger partial charge on any atom is 0.250 e. The van der Waals surface area contributed by atoms with E-state index in [4.69, 9.17) is 5.73 Å². The number of aliphatic hydroxyl groups excluding tert-OH is 1. The highest BCUT2D eigenvalue weighted by atomic mass is 16.3. The summed E-state index contributed by atoms with van der Waals surface area (Å²) in [5, 5.41) is 10.2. The summed E-state index contributed by atoms with van der Waals surface area (Å²) in [6.07, 6.45) is 2.01. The molecule has 2 rings (SSSR count). The van der Waals surface area contributed by atoms with E-state index < -0.39 is 12.0 Å². The molecule has 1 aromatic carbocycles. The van der Waals surface area contributed by atoms with Gasteiger partial charge < -0.3 is 10.8 Å². The molecule has 0 aliphatic carbocycles. The van der Waals surface area contributed by atoms with Crippen LogP contribution in [0.2, 0.25) is 0 Å². The molecule has 0 spiro atoms. The maximum atomic E-state index is 11.2. The van der Waals surface area contributed by atoms with E-state index >= 15 is 0 Å². The van der Waals surface area contributed by atoms with E-state index in [9.17, 15) is 9.90 Å². The van der Waals surface area contributed by atoms with Gasteiger partial charge in [0.25, 0.3) is 5.91 Å². The van der Waals surface area contributed by atoms with Gasteiger partial charge >= 0.3 is 0 Å². The number of carbonyl (C=O) groups is 1. The number of nitrogens with two attached hydrogens (primary N) is 1. The van der Waals surface area contributed by atoms with Crippen LogP contribution in [0, 0.1) is 0 Å². The SMILES string of the molecule is NC(=O)c1cnccc1C(O)c1ccccc1. The van der Waals surface area contributed by atoms with Gasteiger partial charge in [-0.05, 0) is 11.6 Å². The fourth-order valence-electron chi connectivity index (χ4n) is 1.66. The Labute approximate surface area is 98.7 Å². The molecule has 0 aliphatic rings. The molecule has 0 aliphatic heterocycles. The minimum Gasteiger partial charge on any atom is -0.384 e. The first kappa shape index (κ1) is 11.3. The van der Waals surface area contributed by atoms with Crippen molar-refractivity contribution < 1.29 is 9.90 Å². The molecule has 0 saturated heterocycles. The van der Waals surface area contributed by atoms with Gasteiger partial charge in [0.15, 0.2) is 0 Å². The first-order valence-electron chi connectivity index (χ1n) is 5.17. The molecule has 1 heterocycles. The number of aromatic nitrogens is 1. The zero-order chi connectivity index (χ0) is 12.3. The van der Waals surface area contributed by atoms with E-state index in [0.717, 1.165) is 0 Å². The van der Waals surface area contributed by atoms with Crippen molar-refractivity contribution in [1.82, 2.24) is 4.98 Å². The second kappa shape index (κ2) is 4.76. The third-order valence-electron chi connectivity index (χ3n) is 2.53. The molecule has 86 valence electrons. The summed E-state index contributed by atoms with van der Waals surface area (Å²) in [6.45, 7) is 0. The van der Waals surface area contributed by atoms with E-state index in [1.54, 1.807) is 18.2 Å². The first-order chi connectivity index (χ1) is 8.20. The Hall–Kier alpha value is -2.20. The summed E-state index contributed by atoms with van der Waals surface area (Å²) in [5.41, 5.74) is 6.66. The molecule has 0 radical (unpaired) electrons. The lowest BCUT2D eigenvalue weighted by Crippen LogP contribution is -2.16. The van der Waals surface area contributed by atoms with Gasteiger partial charge in [-0.15, -0.1) is 0 Å². The lowest BCUT2D eigenvalue weighted by atomic mass is 9.98. The molecule has 0 saturated carbocycles. The number of primary amides is 1. The molecule has 17 heavy (non-hydrogen) atoms. The molecule has 4 nitrogen and oxygen atoms in total. The van der Waals surface area contributed by atoms with Gasteiger partial charge in [-0.25, -0.2) is 0 Å². The summed E-state index contributed by atoms with van der Waals surface area (Å²) < 4.78 is 0. The zero-order valence-corrected chi connectivity index (χ0v) is 9.08. The average Bonchev–Trinajstić information content (AvgIpc) is 2.39. The number of hydrogen-bond donors (Lipinski definition) is 2. The normalized spacial score (nSPS) is 12.1. The van der Waals surface area contributed by atoms with Crippen molar-refractivity contribution in [1.29, 1.82) is 0 Å². The Kier molecular flexibility index (Phi) is 3.16. The van der Waals surface area contributed by atoms with Crippen LogP contribution in [0.1, 0.15) is 27.6 Å². The van der Waals surface area contributed by atoms with E-state index in [-0.39, 0.29) is 5.56 Å². The van der Waals surface area contributed by atoms with Crippen molar-refractivity contribution in [2.45, 2.75) is 6.10 Å². The van der Waals surface area contributed by atoms with Crippen LogP contribution in [0.15, 0.2) is 48.8 Å². The number of carbonyl (C=O) groups excluding carboxylic acids is 1. The fraction of sp³-hybridized carbons (Fsp3) is 0.0769. The van der Waals surface area contributed by atoms with Crippen molar-refractivity contribution in [2.24, 2.45) is 5.73 Å². The predicted octanol–water partition coefficient (Wildman–Crippen LogP) is 1.26. The lowest BCUT2D eigenvalue weighted by Gasteiger charge is -2.13. The molecule has 2 aromatic rings. The number of aliphatic hydroxyl groups is 1. The van der Waals surface area contributed by atoms with Crippen molar-refractivity contribution in [2.75, 3.05) is 0 Å². The number of benzene rings is 1. The van der Waals surface area contributed by atoms with Crippen molar-refractivity contribution in [3.63, 3.8) is 0 Å². The molecule has 0 fully saturated rings. The van der Waals surface area contributed by atoms with Gasteiger partial charge in [-0.1, -0.05) is 30.3 Å². The minimum absolute atomic E-state index is 0.240. The Morgan fingerprint density at radius 1 is 1.24 bits per heavy atom.